The van der Waals surface area contributed by atoms with Crippen molar-refractivity contribution in [1.82, 2.24) is 15.6 Å². The van der Waals surface area contributed by atoms with Crippen molar-refractivity contribution in [2.45, 2.75) is 39.7 Å². The Kier molecular flexibility index (Phi) is 10.8. The molecule has 1 aromatic heterocycles. The minimum Gasteiger partial charge on any atom is -0.386 e. The molecule has 1 atom stereocenters. The number of aliphatic hydroxyl groups is 1. The molecule has 0 aliphatic heterocycles. The van der Waals surface area contributed by atoms with Crippen LogP contribution in [0.5, 0.6) is 0 Å². The number of guanidine groups is 1. The predicted octanol–water partition coefficient (Wildman–Crippen LogP) is 3.46. The first-order chi connectivity index (χ1) is 12.1. The number of aliphatic hydroxyl groups excluding tert-OH is 1. The van der Waals surface area contributed by atoms with Crippen LogP contribution in [0.1, 0.15) is 41.0 Å². The van der Waals surface area contributed by atoms with Crippen LogP contribution in [-0.4, -0.2) is 35.7 Å². The van der Waals surface area contributed by atoms with E-state index in [4.69, 9.17) is 0 Å². The van der Waals surface area contributed by atoms with Crippen molar-refractivity contribution in [3.63, 3.8) is 0 Å². The molecule has 0 fully saturated rings. The molecule has 26 heavy (non-hydrogen) atoms. The fraction of sp³-hybridized carbons (Fsp3) is 0.474. The Labute approximate surface area is 177 Å². The summed E-state index contributed by atoms with van der Waals surface area (Å²) in [6.45, 7) is 8.09. The van der Waals surface area contributed by atoms with Gasteiger partial charge in [0, 0.05) is 30.6 Å². The zero-order valence-corrected chi connectivity index (χ0v) is 18.8. The van der Waals surface area contributed by atoms with Gasteiger partial charge in [-0.25, -0.2) is 4.98 Å². The van der Waals surface area contributed by atoms with Crippen LogP contribution < -0.4 is 10.6 Å². The molecule has 0 aliphatic rings. The normalized spacial score (nSPS) is 12.4. The van der Waals surface area contributed by atoms with E-state index in [1.165, 1.54) is 10.4 Å². The molecule has 2 rings (SSSR count). The van der Waals surface area contributed by atoms with E-state index in [0.29, 0.717) is 6.54 Å². The fourth-order valence-electron chi connectivity index (χ4n) is 2.33. The third-order valence-electron chi connectivity index (χ3n) is 3.81. The minimum atomic E-state index is -0.595. The summed E-state index contributed by atoms with van der Waals surface area (Å²) in [6.07, 6.45) is 3.26. The summed E-state index contributed by atoms with van der Waals surface area (Å²) in [5, 5.41) is 17.9. The monoisotopic (exact) mass is 488 g/mol. The molecule has 0 bridgehead atoms. The molecule has 0 saturated carbocycles. The zero-order chi connectivity index (χ0) is 18.1. The third kappa shape index (κ3) is 7.59. The lowest BCUT2D eigenvalue weighted by atomic mass is 10.1. The lowest BCUT2D eigenvalue weighted by molar-refractivity contribution is 0.187. The molecule has 144 valence electrons. The maximum absolute atomic E-state index is 10.3. The number of nitrogens with one attached hydrogen (secondary N) is 2. The summed E-state index contributed by atoms with van der Waals surface area (Å²) < 4.78 is 0. The van der Waals surface area contributed by atoms with Gasteiger partial charge in [-0.3, -0.25) is 4.99 Å². The van der Waals surface area contributed by atoms with Crippen molar-refractivity contribution in [2.24, 2.45) is 4.99 Å². The second-order valence-corrected chi connectivity index (χ2v) is 7.10. The van der Waals surface area contributed by atoms with Gasteiger partial charge in [0.25, 0.3) is 0 Å². The van der Waals surface area contributed by atoms with Crippen LogP contribution in [-0.2, 0) is 12.8 Å². The highest BCUT2D eigenvalue weighted by atomic mass is 127. The Balaban J connectivity index is 0.00000338. The molecule has 1 heterocycles. The Morgan fingerprint density at radius 2 is 1.96 bits per heavy atom. The first-order valence-corrected chi connectivity index (χ1v) is 9.64. The van der Waals surface area contributed by atoms with Gasteiger partial charge in [0.15, 0.2) is 5.96 Å². The smallest absolute Gasteiger partial charge is 0.191 e. The van der Waals surface area contributed by atoms with Crippen LogP contribution in [0.25, 0.3) is 0 Å². The quantitative estimate of drug-likeness (QED) is 0.303. The molecule has 3 N–H and O–H groups in total. The van der Waals surface area contributed by atoms with Gasteiger partial charge in [-0.15, -0.1) is 35.3 Å². The van der Waals surface area contributed by atoms with E-state index in [9.17, 15) is 5.11 Å². The average Bonchev–Trinajstić information content (AvgIpc) is 3.08. The minimum absolute atomic E-state index is 0. The summed E-state index contributed by atoms with van der Waals surface area (Å²) in [5.41, 5.74) is 2.07. The van der Waals surface area contributed by atoms with Crippen LogP contribution in [0.15, 0.2) is 35.5 Å². The van der Waals surface area contributed by atoms with Crippen LogP contribution in [0.3, 0.4) is 0 Å². The van der Waals surface area contributed by atoms with Gasteiger partial charge in [-0.2, -0.15) is 0 Å². The molecule has 0 amide bonds. The Hall–Kier alpha value is -1.19. The van der Waals surface area contributed by atoms with Crippen LogP contribution in [0.2, 0.25) is 0 Å². The molecule has 2 aromatic rings. The Morgan fingerprint density at radius 3 is 2.58 bits per heavy atom. The van der Waals surface area contributed by atoms with Crippen molar-refractivity contribution in [2.75, 3.05) is 19.6 Å². The molecule has 7 heteroatoms. The van der Waals surface area contributed by atoms with Crippen molar-refractivity contribution >= 4 is 41.3 Å². The molecule has 1 unspecified atom stereocenters. The van der Waals surface area contributed by atoms with E-state index in [2.05, 4.69) is 27.5 Å². The molecule has 5 nitrogen and oxygen atoms in total. The van der Waals surface area contributed by atoms with E-state index in [0.717, 1.165) is 42.5 Å². The fourth-order valence-corrected chi connectivity index (χ4v) is 3.19. The number of aryl methyl sites for hydroxylation is 2. The van der Waals surface area contributed by atoms with Gasteiger partial charge >= 0.3 is 0 Å². The summed E-state index contributed by atoms with van der Waals surface area (Å²) >= 11 is 1.76. The predicted molar refractivity (Wildman–Crippen MR) is 121 cm³/mol. The number of rotatable bonds is 8. The summed E-state index contributed by atoms with van der Waals surface area (Å²) in [4.78, 5) is 10.2. The van der Waals surface area contributed by atoms with Gasteiger partial charge in [-0.1, -0.05) is 36.8 Å². The molecule has 1 aromatic carbocycles. The largest absolute Gasteiger partial charge is 0.386 e. The molecule has 0 radical (unpaired) electrons. The number of hydrogen-bond donors (Lipinski definition) is 3. The maximum atomic E-state index is 10.3. The summed E-state index contributed by atoms with van der Waals surface area (Å²) in [6, 6.07) is 7.90. The number of halogens is 1. The number of aliphatic imine (C=N–C) groups is 1. The van der Waals surface area contributed by atoms with Gasteiger partial charge in [0.1, 0.15) is 0 Å². The highest BCUT2D eigenvalue weighted by molar-refractivity contribution is 14.0. The van der Waals surface area contributed by atoms with Crippen LogP contribution in [0.4, 0.5) is 0 Å². The standard InChI is InChI=1S/C19H28N4OS.HI/c1-4-16-12-22-18(25-16)10-11-21-19(20-5-2)23-13-17(24)15-8-6-14(3)7-9-15;/h6-9,12,17,24H,4-5,10-11,13H2,1-3H3,(H2,20,21,23);1H. The maximum Gasteiger partial charge on any atom is 0.191 e. The topological polar surface area (TPSA) is 69.5 Å². The zero-order valence-electron chi connectivity index (χ0n) is 15.7. The lowest BCUT2D eigenvalue weighted by Gasteiger charge is -2.13. The van der Waals surface area contributed by atoms with E-state index >= 15 is 0 Å². The molecule has 0 spiro atoms. The van der Waals surface area contributed by atoms with E-state index in [1.54, 1.807) is 11.3 Å². The SMILES string of the molecule is CCNC(=NCC(O)c1ccc(C)cc1)NCCc1ncc(CC)s1.I. The second-order valence-electron chi connectivity index (χ2n) is 5.90. The van der Waals surface area contributed by atoms with Crippen molar-refractivity contribution in [3.8, 4) is 0 Å². The van der Waals surface area contributed by atoms with Crippen molar-refractivity contribution in [3.05, 3.63) is 51.5 Å². The van der Waals surface area contributed by atoms with Gasteiger partial charge < -0.3 is 15.7 Å². The van der Waals surface area contributed by atoms with Gasteiger partial charge in [-0.05, 0) is 25.8 Å². The van der Waals surface area contributed by atoms with E-state index in [1.807, 2.05) is 44.3 Å². The lowest BCUT2D eigenvalue weighted by Crippen LogP contribution is -2.38. The number of nitrogens with zero attached hydrogens (tertiary/aromatic N) is 2. The first-order valence-electron chi connectivity index (χ1n) is 8.82. The Bertz CT molecular complexity index is 672. The highest BCUT2D eigenvalue weighted by Crippen LogP contribution is 2.14. The first kappa shape index (κ1) is 22.9. The van der Waals surface area contributed by atoms with Crippen LogP contribution in [0, 0.1) is 6.92 Å². The van der Waals surface area contributed by atoms with E-state index in [-0.39, 0.29) is 24.0 Å². The van der Waals surface area contributed by atoms with Gasteiger partial charge in [0.05, 0.1) is 17.7 Å². The number of aromatic nitrogens is 1. The summed E-state index contributed by atoms with van der Waals surface area (Å²) in [7, 11) is 0. The van der Waals surface area contributed by atoms with Crippen molar-refractivity contribution in [1.29, 1.82) is 0 Å². The Morgan fingerprint density at radius 1 is 1.23 bits per heavy atom. The summed E-state index contributed by atoms with van der Waals surface area (Å²) in [5.74, 6) is 0.723. The third-order valence-corrected chi connectivity index (χ3v) is 5.01. The average molecular weight is 488 g/mol. The van der Waals surface area contributed by atoms with Gasteiger partial charge in [0.2, 0.25) is 0 Å². The van der Waals surface area contributed by atoms with Crippen molar-refractivity contribution < 1.29 is 5.11 Å². The number of thiazole rings is 1. The number of hydrogen-bond acceptors (Lipinski definition) is 4. The molecule has 0 aliphatic carbocycles. The molecular weight excluding hydrogens is 459 g/mol. The molecular formula is C19H29IN4OS. The van der Waals surface area contributed by atoms with E-state index < -0.39 is 6.10 Å². The second kappa shape index (κ2) is 12.2. The number of benzene rings is 1. The van der Waals surface area contributed by atoms with Crippen LogP contribution >= 0.6 is 35.3 Å². The highest BCUT2D eigenvalue weighted by Gasteiger charge is 2.07. The molecule has 0 saturated heterocycles.